The number of benzene rings is 1. The van der Waals surface area contributed by atoms with Crippen molar-refractivity contribution >= 4 is 27.7 Å². The van der Waals surface area contributed by atoms with Gasteiger partial charge in [-0.15, -0.1) is 0 Å². The number of carbonyl (C=O) groups excluding carboxylic acids is 1. The zero-order valence-corrected chi connectivity index (χ0v) is 11.1. The van der Waals surface area contributed by atoms with Crippen LogP contribution < -0.4 is 15.2 Å². The van der Waals surface area contributed by atoms with Crippen LogP contribution in [0.2, 0.25) is 0 Å². The van der Waals surface area contributed by atoms with Gasteiger partial charge in [0.1, 0.15) is 0 Å². The Morgan fingerprint density at radius 3 is 2.44 bits per heavy atom. The van der Waals surface area contributed by atoms with Crippen LogP contribution in [0.3, 0.4) is 0 Å². The van der Waals surface area contributed by atoms with E-state index in [1.165, 1.54) is 6.07 Å². The smallest absolute Gasteiger partial charge is 0.422 e. The molecule has 0 aromatic heterocycles. The summed E-state index contributed by atoms with van der Waals surface area (Å²) in [6.07, 6.45) is -1.07. The normalized spacial score (nSPS) is 10.8. The van der Waals surface area contributed by atoms with Gasteiger partial charge in [-0.25, -0.2) is 9.52 Å². The van der Waals surface area contributed by atoms with Gasteiger partial charge in [0, 0.05) is 5.69 Å². The number of amides is 1. The first-order valence-corrected chi connectivity index (χ1v) is 6.48. The topological polar surface area (TPSA) is 111 Å². The molecule has 0 fully saturated rings. The van der Waals surface area contributed by atoms with E-state index < -0.39 is 16.3 Å². The molecule has 8 heteroatoms. The molecule has 0 saturated carbocycles. The molecule has 100 valence electrons. The van der Waals surface area contributed by atoms with Crippen molar-refractivity contribution in [2.45, 2.75) is 13.8 Å². The lowest BCUT2D eigenvalue weighted by atomic mass is 10.1. The number of hydrogen-bond acceptors (Lipinski definition) is 5. The van der Waals surface area contributed by atoms with Crippen molar-refractivity contribution in [3.63, 3.8) is 0 Å². The summed E-state index contributed by atoms with van der Waals surface area (Å²) in [4.78, 5) is 10.8. The second kappa shape index (κ2) is 5.13. The molecule has 0 bridgehead atoms. The van der Waals surface area contributed by atoms with Crippen molar-refractivity contribution in [1.29, 1.82) is 0 Å². The van der Waals surface area contributed by atoms with E-state index in [1.807, 2.05) is 6.92 Å². The summed E-state index contributed by atoms with van der Waals surface area (Å²) in [5.74, 6) is 0. The summed E-state index contributed by atoms with van der Waals surface area (Å²) < 4.78 is 31.2. The molecule has 0 atom stereocenters. The summed E-state index contributed by atoms with van der Waals surface area (Å²) >= 11 is 0. The zero-order chi connectivity index (χ0) is 13.9. The lowest BCUT2D eigenvalue weighted by Gasteiger charge is -2.12. The lowest BCUT2D eigenvalue weighted by Crippen LogP contribution is -2.35. The minimum absolute atomic E-state index is 0.300. The van der Waals surface area contributed by atoms with Gasteiger partial charge >= 0.3 is 16.3 Å². The number of ether oxygens (including phenoxy) is 1. The number of aryl methyl sites for hydroxylation is 2. The minimum atomic E-state index is -4.03. The fourth-order valence-corrected chi connectivity index (χ4v) is 2.16. The average Bonchev–Trinajstić information content (AvgIpc) is 2.24. The molecule has 0 radical (unpaired) electrons. The average molecular weight is 273 g/mol. The van der Waals surface area contributed by atoms with Crippen LogP contribution in [-0.4, -0.2) is 21.6 Å². The van der Waals surface area contributed by atoms with Crippen LogP contribution in [0.25, 0.3) is 0 Å². The molecular weight excluding hydrogens is 258 g/mol. The van der Waals surface area contributed by atoms with Gasteiger partial charge in [0.2, 0.25) is 0 Å². The predicted molar refractivity (Wildman–Crippen MR) is 68.4 cm³/mol. The first-order chi connectivity index (χ1) is 8.25. The van der Waals surface area contributed by atoms with E-state index in [1.54, 1.807) is 17.7 Å². The van der Waals surface area contributed by atoms with Gasteiger partial charge in [-0.05, 0) is 31.0 Å². The van der Waals surface area contributed by atoms with Gasteiger partial charge in [0.25, 0.3) is 0 Å². The number of hydrogen-bond donors (Lipinski definition) is 3. The molecule has 0 spiro atoms. The third-order valence-electron chi connectivity index (χ3n) is 2.26. The summed E-state index contributed by atoms with van der Waals surface area (Å²) in [5, 5.41) is 0. The molecule has 1 aromatic carbocycles. The van der Waals surface area contributed by atoms with E-state index in [2.05, 4.69) is 9.46 Å². The van der Waals surface area contributed by atoms with E-state index in [0.29, 0.717) is 16.9 Å². The van der Waals surface area contributed by atoms with Crippen LogP contribution in [0, 0.1) is 13.8 Å². The molecule has 0 unspecified atom stereocenters. The Kier molecular flexibility index (Phi) is 4.02. The molecule has 0 aliphatic heterocycles. The highest BCUT2D eigenvalue weighted by Crippen LogP contribution is 2.22. The Morgan fingerprint density at radius 1 is 1.28 bits per heavy atom. The van der Waals surface area contributed by atoms with Crippen molar-refractivity contribution in [2.24, 2.45) is 0 Å². The van der Waals surface area contributed by atoms with Gasteiger partial charge in [0.05, 0.1) is 12.8 Å². The second-order valence-corrected chi connectivity index (χ2v) is 5.14. The molecule has 1 amide bonds. The number of nitrogens with two attached hydrogens (primary N) is 1. The summed E-state index contributed by atoms with van der Waals surface area (Å²) in [6.45, 7) is 3.54. The number of carbonyl (C=O) groups is 1. The van der Waals surface area contributed by atoms with Crippen LogP contribution in [0.5, 0.6) is 0 Å². The molecule has 4 N–H and O–H groups in total. The maximum Gasteiger partial charge on any atom is 0.422 e. The standard InChI is InChI=1S/C10H15N3O4S/c1-6-4-7(2)9(5-8(6)11)12-18(15,16)13-10(14)17-3/h4-5,12H,11H2,1-3H3,(H,13,14). The van der Waals surface area contributed by atoms with Crippen LogP contribution in [0.4, 0.5) is 16.2 Å². The Balaban J connectivity index is 2.98. The van der Waals surface area contributed by atoms with Crippen molar-refractivity contribution in [2.75, 3.05) is 17.6 Å². The highest BCUT2D eigenvalue weighted by Gasteiger charge is 2.15. The largest absolute Gasteiger partial charge is 0.452 e. The maximum atomic E-state index is 11.6. The van der Waals surface area contributed by atoms with Crippen LogP contribution in [0.1, 0.15) is 11.1 Å². The van der Waals surface area contributed by atoms with Gasteiger partial charge in [-0.3, -0.25) is 4.72 Å². The van der Waals surface area contributed by atoms with Crippen molar-refractivity contribution in [1.82, 2.24) is 4.72 Å². The predicted octanol–water partition coefficient (Wildman–Crippen LogP) is 0.898. The number of nitrogens with one attached hydrogen (secondary N) is 2. The number of anilines is 2. The third-order valence-corrected chi connectivity index (χ3v) is 3.18. The van der Waals surface area contributed by atoms with Gasteiger partial charge in [-0.2, -0.15) is 8.42 Å². The fourth-order valence-electron chi connectivity index (χ4n) is 1.30. The Morgan fingerprint density at radius 2 is 1.89 bits per heavy atom. The molecule has 0 heterocycles. The molecule has 0 saturated heterocycles. The number of methoxy groups -OCH3 is 1. The van der Waals surface area contributed by atoms with Crippen molar-refractivity contribution < 1.29 is 17.9 Å². The van der Waals surface area contributed by atoms with E-state index in [9.17, 15) is 13.2 Å². The summed E-state index contributed by atoms with van der Waals surface area (Å²) in [5.41, 5.74) is 7.98. The highest BCUT2D eigenvalue weighted by molar-refractivity contribution is 7.91. The molecule has 0 aliphatic carbocycles. The number of rotatable bonds is 3. The molecule has 7 nitrogen and oxygen atoms in total. The summed E-state index contributed by atoms with van der Waals surface area (Å²) in [6, 6.07) is 3.23. The molecule has 0 aliphatic rings. The molecular formula is C10H15N3O4S. The van der Waals surface area contributed by atoms with Gasteiger partial charge < -0.3 is 10.5 Å². The van der Waals surface area contributed by atoms with Gasteiger partial charge in [0.15, 0.2) is 0 Å². The van der Waals surface area contributed by atoms with Crippen LogP contribution in [0.15, 0.2) is 12.1 Å². The minimum Gasteiger partial charge on any atom is -0.452 e. The summed E-state index contributed by atoms with van der Waals surface area (Å²) in [7, 11) is -2.96. The van der Waals surface area contributed by atoms with E-state index >= 15 is 0 Å². The Labute approximate surface area is 106 Å². The highest BCUT2D eigenvalue weighted by atomic mass is 32.2. The Hall–Kier alpha value is -1.96. The monoisotopic (exact) mass is 273 g/mol. The quantitative estimate of drug-likeness (QED) is 0.708. The first kappa shape index (κ1) is 14.1. The fraction of sp³-hybridized carbons (Fsp3) is 0.300. The van der Waals surface area contributed by atoms with E-state index in [-0.39, 0.29) is 0 Å². The lowest BCUT2D eigenvalue weighted by molar-refractivity contribution is 0.177. The van der Waals surface area contributed by atoms with Crippen LogP contribution in [-0.2, 0) is 14.9 Å². The third kappa shape index (κ3) is 3.52. The van der Waals surface area contributed by atoms with Gasteiger partial charge in [-0.1, -0.05) is 6.07 Å². The van der Waals surface area contributed by atoms with Crippen LogP contribution >= 0.6 is 0 Å². The maximum absolute atomic E-state index is 11.6. The molecule has 1 rings (SSSR count). The number of nitrogen functional groups attached to an aromatic ring is 1. The second-order valence-electron chi connectivity index (χ2n) is 3.72. The van der Waals surface area contributed by atoms with E-state index in [0.717, 1.165) is 12.7 Å². The van der Waals surface area contributed by atoms with E-state index in [4.69, 9.17) is 5.73 Å². The van der Waals surface area contributed by atoms with Crippen molar-refractivity contribution in [3.8, 4) is 0 Å². The molecule has 18 heavy (non-hydrogen) atoms. The van der Waals surface area contributed by atoms with Crippen molar-refractivity contribution in [3.05, 3.63) is 23.3 Å². The first-order valence-electron chi connectivity index (χ1n) is 5.00. The zero-order valence-electron chi connectivity index (χ0n) is 10.3. The Bertz CT molecular complexity index is 569. The SMILES string of the molecule is COC(=O)NS(=O)(=O)Nc1cc(N)c(C)cc1C. The molecule has 1 aromatic rings.